The van der Waals surface area contributed by atoms with Crippen molar-refractivity contribution in [2.45, 2.75) is 52.5 Å². The van der Waals surface area contributed by atoms with Crippen LogP contribution in [0.15, 0.2) is 59.5 Å². The number of carboxylic acids is 1. The van der Waals surface area contributed by atoms with Crippen molar-refractivity contribution in [1.82, 2.24) is 9.13 Å². The van der Waals surface area contributed by atoms with Gasteiger partial charge in [-0.15, -0.1) is 0 Å². The highest BCUT2D eigenvalue weighted by Crippen LogP contribution is 2.24. The van der Waals surface area contributed by atoms with Gasteiger partial charge in [0.25, 0.3) is 0 Å². The molecular weight excluding hydrogens is 392 g/mol. The summed E-state index contributed by atoms with van der Waals surface area (Å²) in [5.41, 5.74) is 3.17. The van der Waals surface area contributed by atoms with Crippen LogP contribution in [0.3, 0.4) is 0 Å². The van der Waals surface area contributed by atoms with E-state index in [9.17, 15) is 19.5 Å². The van der Waals surface area contributed by atoms with E-state index in [2.05, 4.69) is 6.92 Å². The van der Waals surface area contributed by atoms with Crippen molar-refractivity contribution in [3.63, 3.8) is 0 Å². The van der Waals surface area contributed by atoms with Gasteiger partial charge in [-0.2, -0.15) is 0 Å². The molecule has 0 aliphatic heterocycles. The normalized spacial score (nSPS) is 10.9. The molecule has 2 aromatic carbocycles. The molecule has 0 radical (unpaired) electrons. The first-order valence-electron chi connectivity index (χ1n) is 10.7. The van der Waals surface area contributed by atoms with E-state index >= 15 is 0 Å². The molecule has 0 unspecified atom stereocenters. The molecular formula is C25H28N2O4. The standard InChI is InChI=1S/C25H28N2O4/c1-3-5-9-20-17-27(23(28)8-4-2)25(31)26(20)16-18-12-14-19(15-13-18)21-10-6-7-11-22(21)24(29)30/h6-7,10-15,17H,3-5,8-9,16H2,1-2H3,(H,29,30). The van der Waals surface area contributed by atoms with E-state index in [1.54, 1.807) is 29.0 Å². The molecule has 0 aliphatic rings. The van der Waals surface area contributed by atoms with Gasteiger partial charge in [-0.3, -0.25) is 9.36 Å². The number of rotatable bonds is 9. The number of imidazole rings is 1. The van der Waals surface area contributed by atoms with Gasteiger partial charge >= 0.3 is 11.7 Å². The smallest absolute Gasteiger partial charge is 0.336 e. The maximum absolute atomic E-state index is 12.9. The van der Waals surface area contributed by atoms with Gasteiger partial charge in [-0.25, -0.2) is 14.2 Å². The lowest BCUT2D eigenvalue weighted by Crippen LogP contribution is -2.29. The lowest BCUT2D eigenvalue weighted by atomic mass is 9.99. The summed E-state index contributed by atoms with van der Waals surface area (Å²) in [7, 11) is 0. The Morgan fingerprint density at radius 1 is 0.968 bits per heavy atom. The average Bonchev–Trinajstić information content (AvgIpc) is 3.08. The molecule has 0 amide bonds. The molecule has 0 saturated heterocycles. The highest BCUT2D eigenvalue weighted by Gasteiger charge is 2.16. The van der Waals surface area contributed by atoms with E-state index in [1.165, 1.54) is 4.57 Å². The van der Waals surface area contributed by atoms with E-state index in [1.807, 2.05) is 37.3 Å². The van der Waals surface area contributed by atoms with Crippen LogP contribution in [0.5, 0.6) is 0 Å². The van der Waals surface area contributed by atoms with Gasteiger partial charge in [0.15, 0.2) is 0 Å². The number of aryl methyl sites for hydroxylation is 1. The topological polar surface area (TPSA) is 81.3 Å². The predicted octanol–water partition coefficient (Wildman–Crippen LogP) is 4.85. The number of aromatic nitrogens is 2. The van der Waals surface area contributed by atoms with E-state index in [-0.39, 0.29) is 17.2 Å². The molecule has 0 bridgehead atoms. The van der Waals surface area contributed by atoms with Crippen LogP contribution in [0, 0.1) is 0 Å². The summed E-state index contributed by atoms with van der Waals surface area (Å²) in [6, 6.07) is 14.4. The lowest BCUT2D eigenvalue weighted by molar-refractivity contribution is 0.0697. The molecule has 0 saturated carbocycles. The van der Waals surface area contributed by atoms with Gasteiger partial charge in [-0.1, -0.05) is 62.7 Å². The van der Waals surface area contributed by atoms with Crippen molar-refractivity contribution in [1.29, 1.82) is 0 Å². The van der Waals surface area contributed by atoms with Crippen LogP contribution < -0.4 is 5.69 Å². The Morgan fingerprint density at radius 3 is 2.32 bits per heavy atom. The third-order valence-corrected chi connectivity index (χ3v) is 5.34. The molecule has 1 N–H and O–H groups in total. The molecule has 6 heteroatoms. The molecule has 31 heavy (non-hydrogen) atoms. The minimum absolute atomic E-state index is 0.176. The molecule has 0 atom stereocenters. The summed E-state index contributed by atoms with van der Waals surface area (Å²) in [5.74, 6) is -1.14. The zero-order chi connectivity index (χ0) is 22.4. The Bertz CT molecular complexity index is 1120. The summed E-state index contributed by atoms with van der Waals surface area (Å²) in [6.45, 7) is 4.38. The first-order chi connectivity index (χ1) is 15.0. The second-order valence-electron chi connectivity index (χ2n) is 7.65. The Hall–Kier alpha value is -3.41. The molecule has 6 nitrogen and oxygen atoms in total. The van der Waals surface area contributed by atoms with Crippen LogP contribution in [-0.2, 0) is 13.0 Å². The third-order valence-electron chi connectivity index (χ3n) is 5.34. The fourth-order valence-electron chi connectivity index (χ4n) is 3.66. The summed E-state index contributed by atoms with van der Waals surface area (Å²) in [5, 5.41) is 9.43. The number of benzene rings is 2. The van der Waals surface area contributed by atoms with Gasteiger partial charge in [0.2, 0.25) is 5.91 Å². The second-order valence-corrected chi connectivity index (χ2v) is 7.65. The van der Waals surface area contributed by atoms with Crippen molar-refractivity contribution in [3.05, 3.63) is 82.0 Å². The molecule has 0 aliphatic carbocycles. The van der Waals surface area contributed by atoms with Gasteiger partial charge in [0, 0.05) is 18.3 Å². The van der Waals surface area contributed by atoms with Crippen molar-refractivity contribution in [2.75, 3.05) is 0 Å². The molecule has 0 spiro atoms. The number of hydrogen-bond donors (Lipinski definition) is 1. The molecule has 3 rings (SSSR count). The number of carbonyl (C=O) groups is 2. The summed E-state index contributed by atoms with van der Waals surface area (Å²) >= 11 is 0. The lowest BCUT2D eigenvalue weighted by Gasteiger charge is -2.10. The fourth-order valence-corrected chi connectivity index (χ4v) is 3.66. The molecule has 1 aromatic heterocycles. The third kappa shape index (κ3) is 5.02. The number of unbranched alkanes of at least 4 members (excludes halogenated alkanes) is 1. The Morgan fingerprint density at radius 2 is 1.68 bits per heavy atom. The van der Waals surface area contributed by atoms with Gasteiger partial charge < -0.3 is 5.11 Å². The van der Waals surface area contributed by atoms with Crippen LogP contribution in [0.1, 0.15) is 65.9 Å². The molecule has 3 aromatic rings. The summed E-state index contributed by atoms with van der Waals surface area (Å²) < 4.78 is 2.91. The maximum atomic E-state index is 12.9. The van der Waals surface area contributed by atoms with Gasteiger partial charge in [-0.05, 0) is 42.0 Å². The van der Waals surface area contributed by atoms with E-state index in [0.717, 1.165) is 36.1 Å². The highest BCUT2D eigenvalue weighted by atomic mass is 16.4. The van der Waals surface area contributed by atoms with Gasteiger partial charge in [0.1, 0.15) is 0 Å². The zero-order valence-corrected chi connectivity index (χ0v) is 18.0. The van der Waals surface area contributed by atoms with E-state index in [4.69, 9.17) is 0 Å². The maximum Gasteiger partial charge on any atom is 0.336 e. The Kier molecular flexibility index (Phi) is 7.23. The monoisotopic (exact) mass is 420 g/mol. The largest absolute Gasteiger partial charge is 0.478 e. The van der Waals surface area contributed by atoms with Crippen molar-refractivity contribution in [3.8, 4) is 11.1 Å². The predicted molar refractivity (Wildman–Crippen MR) is 121 cm³/mol. The Balaban J connectivity index is 1.91. The minimum atomic E-state index is -0.968. The second kappa shape index (κ2) is 10.1. The molecule has 162 valence electrons. The van der Waals surface area contributed by atoms with Crippen molar-refractivity contribution >= 4 is 11.9 Å². The van der Waals surface area contributed by atoms with E-state index < -0.39 is 5.97 Å². The quantitative estimate of drug-likeness (QED) is 0.537. The van der Waals surface area contributed by atoms with E-state index in [0.29, 0.717) is 24.9 Å². The highest BCUT2D eigenvalue weighted by molar-refractivity contribution is 5.96. The number of carbonyl (C=O) groups excluding carboxylic acids is 1. The summed E-state index contributed by atoms with van der Waals surface area (Å²) in [6.07, 6.45) is 5.40. The SMILES string of the molecule is CCCCc1cn(C(=O)CCC)c(=O)n1Cc1ccc(-c2ccccc2C(=O)O)cc1. The first kappa shape index (κ1) is 22.3. The first-order valence-corrected chi connectivity index (χ1v) is 10.7. The van der Waals surface area contributed by atoms with Crippen LogP contribution >= 0.6 is 0 Å². The molecule has 0 fully saturated rings. The number of nitrogens with zero attached hydrogens (tertiary/aromatic N) is 2. The van der Waals surface area contributed by atoms with Crippen molar-refractivity contribution in [2.24, 2.45) is 0 Å². The zero-order valence-electron chi connectivity index (χ0n) is 18.0. The average molecular weight is 421 g/mol. The number of carboxylic acid groups (broad SMARTS) is 1. The fraction of sp³-hybridized carbons (Fsp3) is 0.320. The van der Waals surface area contributed by atoms with Crippen molar-refractivity contribution < 1.29 is 14.7 Å². The minimum Gasteiger partial charge on any atom is -0.478 e. The number of hydrogen-bond acceptors (Lipinski definition) is 3. The van der Waals surface area contributed by atoms with Crippen LogP contribution in [0.2, 0.25) is 0 Å². The van der Waals surface area contributed by atoms with Gasteiger partial charge in [0.05, 0.1) is 12.1 Å². The number of aromatic carboxylic acids is 1. The van der Waals surface area contributed by atoms with Crippen LogP contribution in [-0.4, -0.2) is 26.1 Å². The Labute approximate surface area is 181 Å². The van der Waals surface area contributed by atoms with Crippen LogP contribution in [0.4, 0.5) is 0 Å². The van der Waals surface area contributed by atoms with Crippen LogP contribution in [0.25, 0.3) is 11.1 Å². The summed E-state index contributed by atoms with van der Waals surface area (Å²) in [4.78, 5) is 36.8. The molecule has 1 heterocycles.